The van der Waals surface area contributed by atoms with E-state index in [4.69, 9.17) is 10.2 Å². The van der Waals surface area contributed by atoms with Crippen LogP contribution < -0.4 is 16.0 Å². The number of aromatic nitrogens is 1. The lowest BCUT2D eigenvalue weighted by Gasteiger charge is -2.17. The smallest absolute Gasteiger partial charge is 0.404 e. The standard InChI is InChI=1S/C22H24N4O6/c27-17-7-5-13(6-8-17)14-3-4-15-11-19(26-18(15)10-14)20(28)24-12-16(25-22(31)32)2-1-9-23-21(29)30/h3-8,10-11,16,23,25-27H,1-2,9,12H2,(H,24,28)(H,29,30)(H,31,32)/t16-/m1/s1. The van der Waals surface area contributed by atoms with Gasteiger partial charge in [-0.15, -0.1) is 0 Å². The number of rotatable bonds is 9. The minimum absolute atomic E-state index is 0.0618. The van der Waals surface area contributed by atoms with Crippen molar-refractivity contribution in [3.8, 4) is 16.9 Å². The zero-order chi connectivity index (χ0) is 23.1. The van der Waals surface area contributed by atoms with Gasteiger partial charge < -0.3 is 36.3 Å². The lowest BCUT2D eigenvalue weighted by molar-refractivity contribution is 0.0943. The summed E-state index contributed by atoms with van der Waals surface area (Å²) in [5, 5.41) is 35.1. The van der Waals surface area contributed by atoms with Crippen molar-refractivity contribution in [1.29, 1.82) is 0 Å². The first-order valence-electron chi connectivity index (χ1n) is 9.98. The fourth-order valence-corrected chi connectivity index (χ4v) is 3.34. The summed E-state index contributed by atoms with van der Waals surface area (Å²) in [5.74, 6) is -0.198. The summed E-state index contributed by atoms with van der Waals surface area (Å²) in [5.41, 5.74) is 2.95. The zero-order valence-corrected chi connectivity index (χ0v) is 17.1. The lowest BCUT2D eigenvalue weighted by Crippen LogP contribution is -2.43. The maximum Gasteiger partial charge on any atom is 0.404 e. The van der Waals surface area contributed by atoms with Crippen LogP contribution in [0.15, 0.2) is 48.5 Å². The average Bonchev–Trinajstić information content (AvgIpc) is 3.18. The topological polar surface area (TPSA) is 164 Å². The molecule has 0 radical (unpaired) electrons. The van der Waals surface area contributed by atoms with Crippen molar-refractivity contribution in [3.05, 3.63) is 54.2 Å². The Kier molecular flexibility index (Phi) is 7.17. The molecule has 1 atom stereocenters. The van der Waals surface area contributed by atoms with Crippen molar-refractivity contribution in [2.24, 2.45) is 0 Å². The van der Waals surface area contributed by atoms with E-state index in [1.165, 1.54) is 0 Å². The number of hydrogen-bond donors (Lipinski definition) is 7. The highest BCUT2D eigenvalue weighted by Crippen LogP contribution is 2.26. The van der Waals surface area contributed by atoms with Crippen molar-refractivity contribution >= 4 is 29.0 Å². The molecule has 168 valence electrons. The molecule has 3 amide bonds. The van der Waals surface area contributed by atoms with Gasteiger partial charge >= 0.3 is 12.2 Å². The molecule has 0 saturated carbocycles. The quantitative estimate of drug-likeness (QED) is 0.253. The molecule has 1 heterocycles. The number of aromatic hydroxyl groups is 1. The van der Waals surface area contributed by atoms with Crippen molar-refractivity contribution in [2.45, 2.75) is 18.9 Å². The van der Waals surface area contributed by atoms with Crippen molar-refractivity contribution in [1.82, 2.24) is 20.9 Å². The van der Waals surface area contributed by atoms with Crippen LogP contribution in [-0.4, -0.2) is 57.5 Å². The molecule has 1 aromatic heterocycles. The van der Waals surface area contributed by atoms with Gasteiger partial charge in [0.05, 0.1) is 0 Å². The molecule has 0 bridgehead atoms. The number of carboxylic acid groups (broad SMARTS) is 2. The van der Waals surface area contributed by atoms with Gasteiger partial charge in [0.25, 0.3) is 5.91 Å². The number of phenols is 1. The number of nitrogens with one attached hydrogen (secondary N) is 4. The van der Waals surface area contributed by atoms with Crippen LogP contribution in [-0.2, 0) is 0 Å². The van der Waals surface area contributed by atoms with E-state index in [-0.39, 0.29) is 24.7 Å². The Morgan fingerprint density at radius 2 is 1.62 bits per heavy atom. The summed E-state index contributed by atoms with van der Waals surface area (Å²) in [4.78, 5) is 37.1. The number of H-pyrrole nitrogens is 1. The van der Waals surface area contributed by atoms with Crippen LogP contribution in [0.3, 0.4) is 0 Å². The first-order valence-corrected chi connectivity index (χ1v) is 9.98. The van der Waals surface area contributed by atoms with Crippen LogP contribution in [0.25, 0.3) is 22.0 Å². The maximum atomic E-state index is 12.6. The zero-order valence-electron chi connectivity index (χ0n) is 17.1. The third kappa shape index (κ3) is 6.14. The molecule has 0 spiro atoms. The van der Waals surface area contributed by atoms with Crippen molar-refractivity contribution in [2.75, 3.05) is 13.1 Å². The van der Waals surface area contributed by atoms with Crippen molar-refractivity contribution < 1.29 is 29.7 Å². The monoisotopic (exact) mass is 440 g/mol. The SMILES string of the molecule is O=C(O)NCCC[C@H](CNC(=O)c1cc2ccc(-c3ccc(O)cc3)cc2[nH]1)NC(=O)O. The second-order valence-corrected chi connectivity index (χ2v) is 7.26. The van der Waals surface area contributed by atoms with Crippen LogP contribution in [0, 0.1) is 0 Å². The Morgan fingerprint density at radius 3 is 2.31 bits per heavy atom. The predicted molar refractivity (Wildman–Crippen MR) is 118 cm³/mol. The van der Waals surface area contributed by atoms with E-state index < -0.39 is 18.2 Å². The number of phenolic OH excluding ortho intramolecular Hbond substituents is 1. The number of aromatic amines is 1. The molecule has 0 aliphatic rings. The largest absolute Gasteiger partial charge is 0.508 e. The Bertz CT molecular complexity index is 1110. The molecule has 3 rings (SSSR count). The van der Waals surface area contributed by atoms with Crippen LogP contribution in [0.4, 0.5) is 9.59 Å². The summed E-state index contributed by atoms with van der Waals surface area (Å²) >= 11 is 0. The highest BCUT2D eigenvalue weighted by molar-refractivity contribution is 5.98. The Balaban J connectivity index is 1.63. The molecule has 0 saturated heterocycles. The van der Waals surface area contributed by atoms with Crippen LogP contribution in [0.1, 0.15) is 23.3 Å². The lowest BCUT2D eigenvalue weighted by atomic mass is 10.0. The molecular weight excluding hydrogens is 416 g/mol. The summed E-state index contributed by atoms with van der Waals surface area (Å²) < 4.78 is 0. The molecule has 0 unspecified atom stereocenters. The normalized spacial score (nSPS) is 11.6. The minimum atomic E-state index is -1.22. The summed E-state index contributed by atoms with van der Waals surface area (Å²) in [6.45, 7) is 0.249. The van der Waals surface area contributed by atoms with Gasteiger partial charge in [0.2, 0.25) is 0 Å². The fourth-order valence-electron chi connectivity index (χ4n) is 3.34. The third-order valence-corrected chi connectivity index (χ3v) is 4.91. The van der Waals surface area contributed by atoms with Gasteiger partial charge in [0.1, 0.15) is 11.4 Å². The molecular formula is C22H24N4O6. The van der Waals surface area contributed by atoms with Gasteiger partial charge in [-0.3, -0.25) is 4.79 Å². The van der Waals surface area contributed by atoms with Gasteiger partial charge in [-0.1, -0.05) is 24.3 Å². The Morgan fingerprint density at radius 1 is 0.906 bits per heavy atom. The number of hydrogen-bond acceptors (Lipinski definition) is 4. The second kappa shape index (κ2) is 10.2. The molecule has 2 aromatic carbocycles. The number of benzene rings is 2. The predicted octanol–water partition coefficient (Wildman–Crippen LogP) is 2.95. The van der Waals surface area contributed by atoms with Crippen LogP contribution >= 0.6 is 0 Å². The first kappa shape index (κ1) is 22.5. The molecule has 10 nitrogen and oxygen atoms in total. The summed E-state index contributed by atoms with van der Waals surface area (Å²) in [6.07, 6.45) is -1.59. The summed E-state index contributed by atoms with van der Waals surface area (Å²) in [7, 11) is 0. The van der Waals surface area contributed by atoms with Crippen LogP contribution in [0.5, 0.6) is 5.75 Å². The molecule has 3 aromatic rings. The number of fused-ring (bicyclic) bond motifs is 1. The number of carbonyl (C=O) groups excluding carboxylic acids is 1. The van der Waals surface area contributed by atoms with Gasteiger partial charge in [0.15, 0.2) is 0 Å². The maximum absolute atomic E-state index is 12.6. The first-order chi connectivity index (χ1) is 15.3. The van der Waals surface area contributed by atoms with Gasteiger partial charge in [-0.25, -0.2) is 9.59 Å². The average molecular weight is 440 g/mol. The molecule has 7 N–H and O–H groups in total. The van der Waals surface area contributed by atoms with E-state index in [0.717, 1.165) is 22.0 Å². The number of carbonyl (C=O) groups is 3. The Labute approximate surface area is 183 Å². The van der Waals surface area contributed by atoms with E-state index in [1.807, 2.05) is 18.2 Å². The van der Waals surface area contributed by atoms with Gasteiger partial charge in [-0.05, 0) is 48.2 Å². The van der Waals surface area contributed by atoms with E-state index in [1.54, 1.807) is 30.3 Å². The molecule has 0 aliphatic carbocycles. The minimum Gasteiger partial charge on any atom is -0.508 e. The van der Waals surface area contributed by atoms with E-state index in [9.17, 15) is 19.5 Å². The van der Waals surface area contributed by atoms with Gasteiger partial charge in [-0.2, -0.15) is 0 Å². The Hall–Kier alpha value is -4.21. The van der Waals surface area contributed by atoms with E-state index >= 15 is 0 Å². The molecule has 10 heteroatoms. The third-order valence-electron chi connectivity index (χ3n) is 4.91. The van der Waals surface area contributed by atoms with E-state index in [2.05, 4.69) is 20.9 Å². The molecule has 0 fully saturated rings. The second-order valence-electron chi connectivity index (χ2n) is 7.26. The molecule has 0 aliphatic heterocycles. The number of amides is 3. The van der Waals surface area contributed by atoms with Crippen LogP contribution in [0.2, 0.25) is 0 Å². The summed E-state index contributed by atoms with van der Waals surface area (Å²) in [6, 6.07) is 13.7. The molecule has 32 heavy (non-hydrogen) atoms. The highest BCUT2D eigenvalue weighted by atomic mass is 16.4. The fraction of sp³-hybridized carbons (Fsp3) is 0.227. The highest BCUT2D eigenvalue weighted by Gasteiger charge is 2.15. The van der Waals surface area contributed by atoms with Gasteiger partial charge in [0, 0.05) is 30.0 Å². The van der Waals surface area contributed by atoms with Crippen molar-refractivity contribution in [3.63, 3.8) is 0 Å². The van der Waals surface area contributed by atoms with E-state index in [0.29, 0.717) is 18.5 Å².